The fraction of sp³-hybridized carbons (Fsp3) is 0.417. The van der Waals surface area contributed by atoms with Gasteiger partial charge in [-0.05, 0) is 35.6 Å². The van der Waals surface area contributed by atoms with Gasteiger partial charge in [-0.25, -0.2) is 9.98 Å². The molecule has 1 atom stereocenters. The van der Waals surface area contributed by atoms with Crippen LogP contribution in [0.15, 0.2) is 53.5 Å². The number of para-hydroxylation sites is 2. The number of benzene rings is 2. The van der Waals surface area contributed by atoms with E-state index in [0.29, 0.717) is 19.0 Å². The van der Waals surface area contributed by atoms with Crippen LogP contribution in [0.5, 0.6) is 0 Å². The van der Waals surface area contributed by atoms with Gasteiger partial charge in [-0.3, -0.25) is 0 Å². The lowest BCUT2D eigenvalue weighted by Gasteiger charge is -2.20. The van der Waals surface area contributed by atoms with Crippen LogP contribution >= 0.6 is 0 Å². The van der Waals surface area contributed by atoms with Gasteiger partial charge in [0.25, 0.3) is 0 Å². The molecule has 6 nitrogen and oxygen atoms in total. The topological polar surface area (TPSA) is 74.5 Å². The van der Waals surface area contributed by atoms with Crippen LogP contribution in [0.4, 0.5) is 0 Å². The molecule has 0 fully saturated rings. The lowest BCUT2D eigenvalue weighted by atomic mass is 9.86. The molecule has 0 radical (unpaired) electrons. The van der Waals surface area contributed by atoms with Gasteiger partial charge < -0.3 is 20.3 Å². The summed E-state index contributed by atoms with van der Waals surface area (Å²) in [4.78, 5) is 9.32. The van der Waals surface area contributed by atoms with Crippen molar-refractivity contribution >= 4 is 17.0 Å². The van der Waals surface area contributed by atoms with Crippen molar-refractivity contribution in [2.24, 2.45) is 12.0 Å². The lowest BCUT2D eigenvalue weighted by Crippen LogP contribution is -2.39. The molecule has 3 rings (SSSR count). The zero-order valence-corrected chi connectivity index (χ0v) is 18.6. The minimum absolute atomic E-state index is 0.0996. The second kappa shape index (κ2) is 9.30. The first kappa shape index (κ1) is 21.8. The summed E-state index contributed by atoms with van der Waals surface area (Å²) in [5.74, 6) is 1.56. The summed E-state index contributed by atoms with van der Waals surface area (Å²) >= 11 is 0. The van der Waals surface area contributed by atoms with E-state index in [0.717, 1.165) is 29.0 Å². The number of hydrogen-bond donors (Lipinski definition) is 3. The molecule has 3 N–H and O–H groups in total. The summed E-state index contributed by atoms with van der Waals surface area (Å²) in [6.07, 6.45) is -0.612. The van der Waals surface area contributed by atoms with Crippen molar-refractivity contribution in [3.63, 3.8) is 0 Å². The zero-order chi connectivity index (χ0) is 21.7. The van der Waals surface area contributed by atoms with Crippen LogP contribution in [-0.2, 0) is 19.0 Å². The number of rotatable bonds is 6. The van der Waals surface area contributed by atoms with Crippen molar-refractivity contribution in [1.82, 2.24) is 20.2 Å². The van der Waals surface area contributed by atoms with E-state index in [9.17, 15) is 5.11 Å². The third-order valence-corrected chi connectivity index (χ3v) is 5.23. The van der Waals surface area contributed by atoms with Gasteiger partial charge in [-0.15, -0.1) is 0 Å². The van der Waals surface area contributed by atoms with E-state index in [1.807, 2.05) is 44.3 Å². The maximum absolute atomic E-state index is 10.6. The number of hydrogen-bond acceptors (Lipinski definition) is 3. The number of aliphatic hydroxyl groups is 1. The predicted molar refractivity (Wildman–Crippen MR) is 124 cm³/mol. The monoisotopic (exact) mass is 407 g/mol. The molecule has 0 saturated carbocycles. The average Bonchev–Trinajstić information content (AvgIpc) is 3.05. The van der Waals surface area contributed by atoms with Crippen LogP contribution in [0, 0.1) is 0 Å². The molecule has 0 aliphatic rings. The molecule has 0 saturated heterocycles. The lowest BCUT2D eigenvalue weighted by molar-refractivity contribution is 0.181. The van der Waals surface area contributed by atoms with E-state index < -0.39 is 6.10 Å². The fourth-order valence-electron chi connectivity index (χ4n) is 3.34. The molecule has 1 unspecified atom stereocenters. The Balaban J connectivity index is 1.65. The highest BCUT2D eigenvalue weighted by Gasteiger charge is 2.15. The molecule has 2 aromatic carbocycles. The molecular weight excluding hydrogens is 374 g/mol. The molecule has 160 valence electrons. The Bertz CT molecular complexity index is 999. The minimum Gasteiger partial charge on any atom is -0.387 e. The molecule has 0 spiro atoms. The summed E-state index contributed by atoms with van der Waals surface area (Å²) < 4.78 is 2.06. The van der Waals surface area contributed by atoms with E-state index in [-0.39, 0.29) is 5.41 Å². The van der Waals surface area contributed by atoms with E-state index in [1.54, 1.807) is 0 Å². The first-order valence-corrected chi connectivity index (χ1v) is 10.5. The Labute approximate surface area is 179 Å². The number of fused-ring (bicyclic) bond motifs is 1. The highest BCUT2D eigenvalue weighted by molar-refractivity contribution is 5.80. The molecule has 6 heteroatoms. The average molecular weight is 408 g/mol. The first-order valence-electron chi connectivity index (χ1n) is 10.5. The smallest absolute Gasteiger partial charge is 0.191 e. The normalized spacial score (nSPS) is 13.5. The number of aliphatic hydroxyl groups excluding tert-OH is 1. The Morgan fingerprint density at radius 1 is 1.10 bits per heavy atom. The standard InChI is InChI=1S/C24H33N5O/c1-6-25-23(27-16-22-28-19-9-7-8-10-20(19)29(22)5)26-15-21(30)17-11-13-18(14-12-17)24(2,3)4/h7-14,21,30H,6,15-16H2,1-5H3,(H2,25,26,27). The SMILES string of the molecule is CCNC(=NCc1nc2ccccc2n1C)NCC(O)c1ccc(C(C)(C)C)cc1. The van der Waals surface area contributed by atoms with E-state index in [4.69, 9.17) is 0 Å². The van der Waals surface area contributed by atoms with E-state index in [2.05, 4.69) is 64.1 Å². The molecular formula is C24H33N5O. The molecule has 30 heavy (non-hydrogen) atoms. The van der Waals surface area contributed by atoms with Gasteiger partial charge >= 0.3 is 0 Å². The molecule has 0 bridgehead atoms. The molecule has 3 aromatic rings. The van der Waals surface area contributed by atoms with Crippen LogP contribution in [0.25, 0.3) is 11.0 Å². The number of aliphatic imine (C=N–C) groups is 1. The van der Waals surface area contributed by atoms with Crippen LogP contribution in [0.3, 0.4) is 0 Å². The van der Waals surface area contributed by atoms with Gasteiger partial charge in [0.1, 0.15) is 12.4 Å². The third-order valence-electron chi connectivity index (χ3n) is 5.23. The maximum atomic E-state index is 10.6. The van der Waals surface area contributed by atoms with Crippen molar-refractivity contribution in [3.05, 3.63) is 65.5 Å². The van der Waals surface area contributed by atoms with Crippen LogP contribution in [-0.4, -0.2) is 33.7 Å². The van der Waals surface area contributed by atoms with Gasteiger partial charge in [0.15, 0.2) is 5.96 Å². The molecule has 0 amide bonds. The summed E-state index contributed by atoms with van der Waals surface area (Å²) in [6.45, 7) is 10.1. The molecule has 1 heterocycles. The summed E-state index contributed by atoms with van der Waals surface area (Å²) in [7, 11) is 2.01. The van der Waals surface area contributed by atoms with Gasteiger partial charge in [0, 0.05) is 20.1 Å². The molecule has 1 aromatic heterocycles. The maximum Gasteiger partial charge on any atom is 0.191 e. The van der Waals surface area contributed by atoms with Crippen LogP contribution < -0.4 is 10.6 Å². The minimum atomic E-state index is -0.612. The highest BCUT2D eigenvalue weighted by atomic mass is 16.3. The second-order valence-corrected chi connectivity index (χ2v) is 8.54. The number of aromatic nitrogens is 2. The fourth-order valence-corrected chi connectivity index (χ4v) is 3.34. The number of imidazole rings is 1. The predicted octanol–water partition coefficient (Wildman–Crippen LogP) is 3.66. The number of aryl methyl sites for hydroxylation is 1. The van der Waals surface area contributed by atoms with Gasteiger partial charge in [0.2, 0.25) is 0 Å². The number of nitrogens with zero attached hydrogens (tertiary/aromatic N) is 3. The third kappa shape index (κ3) is 5.19. The van der Waals surface area contributed by atoms with Crippen LogP contribution in [0.2, 0.25) is 0 Å². The van der Waals surface area contributed by atoms with Gasteiger partial charge in [0.05, 0.1) is 17.1 Å². The van der Waals surface area contributed by atoms with Crippen molar-refractivity contribution in [3.8, 4) is 0 Å². The first-order chi connectivity index (χ1) is 14.3. The molecule has 0 aliphatic heterocycles. The summed E-state index contributed by atoms with van der Waals surface area (Å²) in [6, 6.07) is 16.2. The van der Waals surface area contributed by atoms with E-state index in [1.165, 1.54) is 5.56 Å². The summed E-state index contributed by atoms with van der Waals surface area (Å²) in [5.41, 5.74) is 4.31. The Hall–Kier alpha value is -2.86. The van der Waals surface area contributed by atoms with Crippen LogP contribution in [0.1, 0.15) is 50.8 Å². The number of nitrogens with one attached hydrogen (secondary N) is 2. The van der Waals surface area contributed by atoms with Crippen molar-refractivity contribution < 1.29 is 5.11 Å². The Morgan fingerprint density at radius 3 is 2.43 bits per heavy atom. The number of guanidine groups is 1. The quantitative estimate of drug-likeness (QED) is 0.431. The largest absolute Gasteiger partial charge is 0.387 e. The van der Waals surface area contributed by atoms with Crippen molar-refractivity contribution in [1.29, 1.82) is 0 Å². The second-order valence-electron chi connectivity index (χ2n) is 8.54. The Kier molecular flexibility index (Phi) is 6.77. The van der Waals surface area contributed by atoms with Gasteiger partial charge in [-0.1, -0.05) is 57.2 Å². The van der Waals surface area contributed by atoms with Crippen molar-refractivity contribution in [2.45, 2.75) is 45.8 Å². The van der Waals surface area contributed by atoms with Crippen molar-refractivity contribution in [2.75, 3.05) is 13.1 Å². The molecule has 0 aliphatic carbocycles. The summed E-state index contributed by atoms with van der Waals surface area (Å²) in [5, 5.41) is 17.1. The highest BCUT2D eigenvalue weighted by Crippen LogP contribution is 2.23. The Morgan fingerprint density at radius 2 is 1.80 bits per heavy atom. The van der Waals surface area contributed by atoms with Gasteiger partial charge in [-0.2, -0.15) is 0 Å². The van der Waals surface area contributed by atoms with E-state index >= 15 is 0 Å². The zero-order valence-electron chi connectivity index (χ0n) is 18.6.